The molecule has 1 spiro atoms. The summed E-state index contributed by atoms with van der Waals surface area (Å²) in [7, 11) is 0. The maximum Gasteiger partial charge on any atom is 0.140 e. The van der Waals surface area contributed by atoms with Crippen LogP contribution in [0.15, 0.2) is 164 Å². The molecule has 0 saturated carbocycles. The molecular formula is C45H27ClO. The van der Waals surface area contributed by atoms with E-state index in [4.69, 9.17) is 16.3 Å². The highest BCUT2D eigenvalue weighted by Gasteiger charge is 2.51. The first-order chi connectivity index (χ1) is 23.2. The molecule has 0 unspecified atom stereocenters. The van der Waals surface area contributed by atoms with Crippen LogP contribution in [0.3, 0.4) is 0 Å². The van der Waals surface area contributed by atoms with Gasteiger partial charge in [0.05, 0.1) is 5.41 Å². The molecule has 220 valence electrons. The molecule has 0 saturated heterocycles. The van der Waals surface area contributed by atoms with Gasteiger partial charge < -0.3 is 4.74 Å². The second-order valence-electron chi connectivity index (χ2n) is 12.6. The number of rotatable bonds is 2. The van der Waals surface area contributed by atoms with Crippen LogP contribution < -0.4 is 4.74 Å². The minimum atomic E-state index is -0.566. The van der Waals surface area contributed by atoms with Crippen molar-refractivity contribution >= 4 is 33.1 Å². The third kappa shape index (κ3) is 3.72. The molecule has 0 atom stereocenters. The van der Waals surface area contributed by atoms with E-state index in [1.165, 1.54) is 55.3 Å². The molecule has 10 rings (SSSR count). The van der Waals surface area contributed by atoms with Crippen molar-refractivity contribution in [1.29, 1.82) is 0 Å². The van der Waals surface area contributed by atoms with Gasteiger partial charge in [0.25, 0.3) is 0 Å². The van der Waals surface area contributed by atoms with Gasteiger partial charge in [0.15, 0.2) is 0 Å². The third-order valence-corrected chi connectivity index (χ3v) is 10.4. The van der Waals surface area contributed by atoms with Crippen molar-refractivity contribution in [2.75, 3.05) is 0 Å². The lowest BCUT2D eigenvalue weighted by Crippen LogP contribution is -2.32. The Morgan fingerprint density at radius 3 is 1.62 bits per heavy atom. The average Bonchev–Trinajstić information content (AvgIpc) is 3.41. The van der Waals surface area contributed by atoms with Crippen LogP contribution in [0.5, 0.6) is 11.5 Å². The molecule has 0 radical (unpaired) electrons. The van der Waals surface area contributed by atoms with Gasteiger partial charge in [-0.25, -0.2) is 0 Å². The standard InChI is InChI=1S/C45H27ClO/c46-34-14-8-13-32(26-34)30-11-7-12-31(25-30)33-19-22-38-37-17-5-6-18-39(37)45(42(38)27-33)40-23-20-28-9-1-3-15-35(28)43(40)47-44-36-16-4-2-10-29(36)21-24-41(44)45/h1-27H. The van der Waals surface area contributed by atoms with Crippen LogP contribution in [0.4, 0.5) is 0 Å². The SMILES string of the molecule is Clc1cccc(-c2cccc(-c3ccc4c(c3)C3(c5ccccc5-4)c4ccc5ccccc5c4Oc4c3ccc3ccccc43)c2)c1. The summed E-state index contributed by atoms with van der Waals surface area (Å²) in [6.45, 7) is 0. The molecule has 0 aromatic heterocycles. The van der Waals surface area contributed by atoms with Crippen molar-refractivity contribution in [2.45, 2.75) is 5.41 Å². The smallest absolute Gasteiger partial charge is 0.140 e. The first kappa shape index (κ1) is 26.6. The minimum Gasteiger partial charge on any atom is -0.455 e. The Hall–Kier alpha value is -5.63. The van der Waals surface area contributed by atoms with E-state index in [9.17, 15) is 0 Å². The molecule has 1 heterocycles. The minimum absolute atomic E-state index is 0.566. The second-order valence-corrected chi connectivity index (χ2v) is 13.0. The summed E-state index contributed by atoms with van der Waals surface area (Å²) in [6.07, 6.45) is 0. The zero-order chi connectivity index (χ0) is 31.1. The van der Waals surface area contributed by atoms with Gasteiger partial charge in [-0.15, -0.1) is 0 Å². The van der Waals surface area contributed by atoms with Gasteiger partial charge in [-0.1, -0.05) is 151 Å². The van der Waals surface area contributed by atoms with Crippen molar-refractivity contribution in [3.63, 3.8) is 0 Å². The molecule has 0 amide bonds. The van der Waals surface area contributed by atoms with E-state index in [0.29, 0.717) is 0 Å². The molecule has 0 fully saturated rings. The lowest BCUT2D eigenvalue weighted by atomic mass is 9.65. The van der Waals surface area contributed by atoms with Crippen molar-refractivity contribution in [2.24, 2.45) is 0 Å². The number of ether oxygens (including phenoxy) is 1. The number of hydrogen-bond donors (Lipinski definition) is 0. The largest absolute Gasteiger partial charge is 0.455 e. The maximum atomic E-state index is 7.10. The van der Waals surface area contributed by atoms with E-state index in [2.05, 4.69) is 146 Å². The summed E-state index contributed by atoms with van der Waals surface area (Å²) in [6, 6.07) is 59.0. The van der Waals surface area contributed by atoms with E-state index in [1.807, 2.05) is 18.2 Å². The van der Waals surface area contributed by atoms with Crippen LogP contribution in [-0.2, 0) is 5.41 Å². The van der Waals surface area contributed by atoms with E-state index in [1.54, 1.807) is 0 Å². The first-order valence-electron chi connectivity index (χ1n) is 16.0. The molecule has 2 heteroatoms. The highest BCUT2D eigenvalue weighted by Crippen LogP contribution is 2.64. The molecule has 2 aliphatic rings. The Bertz CT molecular complexity index is 2490. The average molecular weight is 619 g/mol. The van der Waals surface area contributed by atoms with E-state index in [0.717, 1.165) is 38.4 Å². The third-order valence-electron chi connectivity index (χ3n) is 10.2. The summed E-state index contributed by atoms with van der Waals surface area (Å²) in [4.78, 5) is 0. The van der Waals surface area contributed by atoms with Crippen LogP contribution in [0.1, 0.15) is 22.3 Å². The quantitative estimate of drug-likeness (QED) is 0.187. The second kappa shape index (κ2) is 9.93. The van der Waals surface area contributed by atoms with Gasteiger partial charge in [0, 0.05) is 26.9 Å². The lowest BCUT2D eigenvalue weighted by molar-refractivity contribution is 0.447. The van der Waals surface area contributed by atoms with Crippen LogP contribution in [0.25, 0.3) is 54.9 Å². The summed E-state index contributed by atoms with van der Waals surface area (Å²) in [5.41, 5.74) is 11.5. The Labute approximate surface area is 278 Å². The molecule has 0 bridgehead atoms. The lowest BCUT2D eigenvalue weighted by Gasteiger charge is -2.40. The van der Waals surface area contributed by atoms with Gasteiger partial charge in [-0.3, -0.25) is 0 Å². The number of halogens is 1. The molecule has 1 nitrogen and oxygen atoms in total. The Morgan fingerprint density at radius 1 is 0.383 bits per heavy atom. The van der Waals surface area contributed by atoms with Crippen molar-refractivity contribution in [1.82, 2.24) is 0 Å². The van der Waals surface area contributed by atoms with Gasteiger partial charge >= 0.3 is 0 Å². The highest BCUT2D eigenvalue weighted by molar-refractivity contribution is 6.30. The molecular weight excluding hydrogens is 592 g/mol. The monoisotopic (exact) mass is 618 g/mol. The summed E-state index contributed by atoms with van der Waals surface area (Å²) >= 11 is 6.39. The van der Waals surface area contributed by atoms with Crippen LogP contribution in [0.2, 0.25) is 5.02 Å². The molecule has 47 heavy (non-hydrogen) atoms. The van der Waals surface area contributed by atoms with Gasteiger partial charge in [0.1, 0.15) is 11.5 Å². The Morgan fingerprint density at radius 2 is 0.936 bits per heavy atom. The number of benzene rings is 8. The fraction of sp³-hybridized carbons (Fsp3) is 0.0222. The molecule has 1 aliphatic heterocycles. The Kier molecular flexibility index (Phi) is 5.62. The van der Waals surface area contributed by atoms with Crippen LogP contribution >= 0.6 is 11.6 Å². The van der Waals surface area contributed by atoms with Crippen molar-refractivity contribution < 1.29 is 4.74 Å². The van der Waals surface area contributed by atoms with E-state index in [-0.39, 0.29) is 0 Å². The van der Waals surface area contributed by atoms with Crippen molar-refractivity contribution in [3.8, 4) is 44.9 Å². The van der Waals surface area contributed by atoms with Crippen molar-refractivity contribution in [3.05, 3.63) is 191 Å². The fourth-order valence-corrected chi connectivity index (χ4v) is 8.32. The van der Waals surface area contributed by atoms with E-state index >= 15 is 0 Å². The number of fused-ring (bicyclic) bond motifs is 13. The molecule has 1 aliphatic carbocycles. The molecule has 8 aromatic carbocycles. The molecule has 0 N–H and O–H groups in total. The predicted molar refractivity (Wildman–Crippen MR) is 195 cm³/mol. The highest BCUT2D eigenvalue weighted by atomic mass is 35.5. The summed E-state index contributed by atoms with van der Waals surface area (Å²) < 4.78 is 7.10. The zero-order valence-corrected chi connectivity index (χ0v) is 26.1. The topological polar surface area (TPSA) is 9.23 Å². The zero-order valence-electron chi connectivity index (χ0n) is 25.4. The van der Waals surface area contributed by atoms with Gasteiger partial charge in [-0.2, -0.15) is 0 Å². The normalized spacial score (nSPS) is 13.6. The first-order valence-corrected chi connectivity index (χ1v) is 16.4. The summed E-state index contributed by atoms with van der Waals surface area (Å²) in [5, 5.41) is 5.33. The summed E-state index contributed by atoms with van der Waals surface area (Å²) in [5.74, 6) is 1.87. The van der Waals surface area contributed by atoms with E-state index < -0.39 is 5.41 Å². The fourth-order valence-electron chi connectivity index (χ4n) is 8.13. The van der Waals surface area contributed by atoms with Crippen LogP contribution in [0, 0.1) is 0 Å². The number of hydrogen-bond acceptors (Lipinski definition) is 1. The van der Waals surface area contributed by atoms with Gasteiger partial charge in [-0.05, 0) is 79.5 Å². The van der Waals surface area contributed by atoms with Crippen LogP contribution in [-0.4, -0.2) is 0 Å². The van der Waals surface area contributed by atoms with Gasteiger partial charge in [0.2, 0.25) is 0 Å². The predicted octanol–water partition coefficient (Wildman–Crippen LogP) is 12.4. The Balaban J connectivity index is 1.30. The molecule has 8 aromatic rings. The maximum absolute atomic E-state index is 7.10.